The number of hydrogen-bond donors (Lipinski definition) is 0. The third kappa shape index (κ3) is 2.49. The van der Waals surface area contributed by atoms with Crippen LogP contribution in [0.1, 0.15) is 102 Å². The molecule has 0 saturated carbocycles. The van der Waals surface area contributed by atoms with Gasteiger partial charge >= 0.3 is 0 Å². The van der Waals surface area contributed by atoms with Crippen LogP contribution < -0.4 is 0 Å². The van der Waals surface area contributed by atoms with Crippen molar-refractivity contribution in [1.29, 1.82) is 0 Å². The number of rotatable bonds is 0. The summed E-state index contributed by atoms with van der Waals surface area (Å²) in [7, 11) is 0. The molecule has 0 amide bonds. The van der Waals surface area contributed by atoms with Crippen LogP contribution in [-0.4, -0.2) is 0 Å². The van der Waals surface area contributed by atoms with Crippen LogP contribution in [0.3, 0.4) is 0 Å². The van der Waals surface area contributed by atoms with E-state index in [0.29, 0.717) is 5.41 Å². The molecule has 0 heterocycles. The average molecular weight is 373 g/mol. The molecule has 5 rings (SSSR count). The van der Waals surface area contributed by atoms with E-state index in [0.717, 1.165) is 6.42 Å². The molecule has 0 aliphatic heterocycles. The predicted molar refractivity (Wildman–Crippen MR) is 120 cm³/mol. The smallest absolute Gasteiger partial charge is 0.00132 e. The molecule has 0 radical (unpaired) electrons. The standard InChI is InChI=1S/C28H36/c1-25(2)14-19-10-17-9-18-11-23-24(28(7,8)16-27(23,5)6)13-21(18)20(17)12-22(19)26(3,4)15-25/h10-13H,9,14-16H2,1-8H3. The van der Waals surface area contributed by atoms with Crippen LogP contribution in [0.4, 0.5) is 0 Å². The second-order valence-electron chi connectivity index (χ2n) is 12.7. The zero-order valence-corrected chi connectivity index (χ0v) is 19.1. The first kappa shape index (κ1) is 18.5. The highest BCUT2D eigenvalue weighted by Crippen LogP contribution is 2.54. The summed E-state index contributed by atoms with van der Waals surface area (Å²) in [6.07, 6.45) is 4.84. The molecule has 3 aliphatic carbocycles. The molecule has 0 fully saturated rings. The summed E-state index contributed by atoms with van der Waals surface area (Å²) in [6, 6.07) is 10.3. The summed E-state index contributed by atoms with van der Waals surface area (Å²) < 4.78 is 0. The van der Waals surface area contributed by atoms with Gasteiger partial charge in [-0.05, 0) is 91.9 Å². The number of benzene rings is 2. The van der Waals surface area contributed by atoms with Crippen LogP contribution in [0.25, 0.3) is 11.1 Å². The summed E-state index contributed by atoms with van der Waals surface area (Å²) in [5.74, 6) is 0. The van der Waals surface area contributed by atoms with Gasteiger partial charge in [-0.15, -0.1) is 0 Å². The molecule has 3 aliphatic rings. The summed E-state index contributed by atoms with van der Waals surface area (Å²) in [5, 5.41) is 0. The highest BCUT2D eigenvalue weighted by atomic mass is 14.5. The van der Waals surface area contributed by atoms with Gasteiger partial charge in [-0.1, -0.05) is 79.7 Å². The van der Waals surface area contributed by atoms with Crippen molar-refractivity contribution < 1.29 is 0 Å². The maximum Gasteiger partial charge on any atom is -0.00132 e. The second kappa shape index (κ2) is 5.13. The SMILES string of the molecule is CC1(C)Cc2cc3c(cc2C(C)(C)C1)-c1cc2c(cc1C3)C(C)(C)CC2(C)C. The first-order chi connectivity index (χ1) is 12.8. The minimum atomic E-state index is 0.257. The van der Waals surface area contributed by atoms with E-state index < -0.39 is 0 Å². The van der Waals surface area contributed by atoms with E-state index in [1.807, 2.05) is 0 Å². The molecular weight excluding hydrogens is 336 g/mol. The van der Waals surface area contributed by atoms with Gasteiger partial charge in [-0.25, -0.2) is 0 Å². The molecule has 0 heteroatoms. The van der Waals surface area contributed by atoms with Crippen LogP contribution in [0.15, 0.2) is 24.3 Å². The fraction of sp³-hybridized carbons (Fsp3) is 0.571. The Kier molecular flexibility index (Phi) is 3.38. The third-order valence-corrected chi connectivity index (χ3v) is 7.90. The third-order valence-electron chi connectivity index (χ3n) is 7.90. The van der Waals surface area contributed by atoms with E-state index in [2.05, 4.69) is 79.7 Å². The van der Waals surface area contributed by atoms with Crippen molar-refractivity contribution in [3.8, 4) is 11.1 Å². The number of fused-ring (bicyclic) bond motifs is 5. The van der Waals surface area contributed by atoms with Crippen LogP contribution in [0.2, 0.25) is 0 Å². The molecule has 0 unspecified atom stereocenters. The molecule has 0 aromatic heterocycles. The van der Waals surface area contributed by atoms with Gasteiger partial charge in [-0.2, -0.15) is 0 Å². The summed E-state index contributed by atoms with van der Waals surface area (Å²) in [6.45, 7) is 19.5. The van der Waals surface area contributed by atoms with Crippen LogP contribution in [0, 0.1) is 5.41 Å². The van der Waals surface area contributed by atoms with E-state index in [1.165, 1.54) is 30.4 Å². The molecule has 0 spiro atoms. The van der Waals surface area contributed by atoms with Crippen LogP contribution >= 0.6 is 0 Å². The van der Waals surface area contributed by atoms with Crippen molar-refractivity contribution >= 4 is 0 Å². The van der Waals surface area contributed by atoms with Gasteiger partial charge in [0.05, 0.1) is 0 Å². The lowest BCUT2D eigenvalue weighted by molar-refractivity contribution is 0.231. The lowest BCUT2D eigenvalue weighted by Gasteiger charge is -2.42. The van der Waals surface area contributed by atoms with E-state index in [1.54, 1.807) is 33.4 Å². The van der Waals surface area contributed by atoms with Crippen molar-refractivity contribution in [3.05, 3.63) is 57.6 Å². The van der Waals surface area contributed by atoms with Crippen molar-refractivity contribution in [1.82, 2.24) is 0 Å². The maximum absolute atomic E-state index is 2.57. The first-order valence-electron chi connectivity index (χ1n) is 11.1. The lowest BCUT2D eigenvalue weighted by Crippen LogP contribution is -2.34. The second-order valence-corrected chi connectivity index (χ2v) is 12.7. The maximum atomic E-state index is 2.57. The zero-order valence-electron chi connectivity index (χ0n) is 19.1. The Morgan fingerprint density at radius 2 is 1.04 bits per heavy atom. The molecular formula is C28H36. The Hall–Kier alpha value is -1.56. The van der Waals surface area contributed by atoms with Crippen molar-refractivity contribution in [2.75, 3.05) is 0 Å². The monoisotopic (exact) mass is 372 g/mol. The van der Waals surface area contributed by atoms with E-state index in [-0.39, 0.29) is 16.2 Å². The highest BCUT2D eigenvalue weighted by Gasteiger charge is 2.43. The van der Waals surface area contributed by atoms with Crippen LogP contribution in [0.5, 0.6) is 0 Å². The van der Waals surface area contributed by atoms with Gasteiger partial charge < -0.3 is 0 Å². The molecule has 2 aromatic rings. The Morgan fingerprint density at radius 1 is 0.536 bits per heavy atom. The minimum absolute atomic E-state index is 0.257. The molecule has 0 N–H and O–H groups in total. The topological polar surface area (TPSA) is 0 Å². The fourth-order valence-electron chi connectivity index (χ4n) is 7.40. The Morgan fingerprint density at radius 3 is 1.68 bits per heavy atom. The molecule has 0 nitrogen and oxygen atoms in total. The summed E-state index contributed by atoms with van der Waals surface area (Å²) >= 11 is 0. The highest BCUT2D eigenvalue weighted by molar-refractivity contribution is 5.80. The van der Waals surface area contributed by atoms with Gasteiger partial charge in [0.1, 0.15) is 0 Å². The van der Waals surface area contributed by atoms with Gasteiger partial charge in [0.15, 0.2) is 0 Å². The van der Waals surface area contributed by atoms with Crippen molar-refractivity contribution in [2.45, 2.75) is 97.3 Å². The van der Waals surface area contributed by atoms with Gasteiger partial charge in [0.25, 0.3) is 0 Å². The average Bonchev–Trinajstić information content (AvgIpc) is 2.93. The molecule has 148 valence electrons. The van der Waals surface area contributed by atoms with Crippen molar-refractivity contribution in [3.63, 3.8) is 0 Å². The molecule has 2 aromatic carbocycles. The fourth-order valence-corrected chi connectivity index (χ4v) is 7.40. The zero-order chi connectivity index (χ0) is 20.3. The number of hydrogen-bond acceptors (Lipinski definition) is 0. The summed E-state index contributed by atoms with van der Waals surface area (Å²) in [4.78, 5) is 0. The van der Waals surface area contributed by atoms with Crippen LogP contribution in [-0.2, 0) is 29.1 Å². The van der Waals surface area contributed by atoms with Gasteiger partial charge in [-0.3, -0.25) is 0 Å². The van der Waals surface area contributed by atoms with Crippen molar-refractivity contribution in [2.24, 2.45) is 5.41 Å². The molecule has 0 saturated heterocycles. The Balaban J connectivity index is 1.70. The largest absolute Gasteiger partial charge is 0.0596 e. The molecule has 28 heavy (non-hydrogen) atoms. The Labute approximate surface area is 171 Å². The summed E-state index contributed by atoms with van der Waals surface area (Å²) in [5.41, 5.74) is 13.7. The van der Waals surface area contributed by atoms with E-state index in [4.69, 9.17) is 0 Å². The minimum Gasteiger partial charge on any atom is -0.0596 e. The van der Waals surface area contributed by atoms with E-state index in [9.17, 15) is 0 Å². The predicted octanol–water partition coefficient (Wildman–Crippen LogP) is 7.47. The van der Waals surface area contributed by atoms with Gasteiger partial charge in [0, 0.05) is 0 Å². The van der Waals surface area contributed by atoms with E-state index >= 15 is 0 Å². The van der Waals surface area contributed by atoms with Gasteiger partial charge in [0.2, 0.25) is 0 Å². The quantitative estimate of drug-likeness (QED) is 0.384. The molecule has 0 bridgehead atoms. The molecule has 0 atom stereocenters. The normalized spacial score (nSPS) is 24.3. The Bertz CT molecular complexity index is 1010. The lowest BCUT2D eigenvalue weighted by atomic mass is 9.62. The first-order valence-corrected chi connectivity index (χ1v) is 11.1.